The van der Waals surface area contributed by atoms with Gasteiger partial charge < -0.3 is 60.7 Å². The summed E-state index contributed by atoms with van der Waals surface area (Å²) in [6.07, 6.45) is 0.584. The number of carbonyl (C=O) groups excluding carboxylic acids is 5. The molecule has 86 heavy (non-hydrogen) atoms. The summed E-state index contributed by atoms with van der Waals surface area (Å²) < 4.78 is 116. The van der Waals surface area contributed by atoms with Crippen LogP contribution in [0.15, 0.2) is 112 Å². The predicted molar refractivity (Wildman–Crippen MR) is 300 cm³/mol. The zero-order chi connectivity index (χ0) is 61.5. The molecule has 0 saturated carbocycles. The van der Waals surface area contributed by atoms with Gasteiger partial charge in [0, 0.05) is 42.7 Å². The van der Waals surface area contributed by atoms with Crippen LogP contribution in [0.4, 0.5) is 37.7 Å². The normalized spacial score (nSPS) is 14.2. The zero-order valence-electron chi connectivity index (χ0n) is 46.2. The smallest absolute Gasteiger partial charge is 0.313 e. The van der Waals surface area contributed by atoms with Crippen LogP contribution in [0.1, 0.15) is 47.2 Å². The van der Waals surface area contributed by atoms with E-state index >= 15 is 4.39 Å². The number of aliphatic imine (C=N–C) groups is 2. The van der Waals surface area contributed by atoms with Crippen LogP contribution in [-0.4, -0.2) is 131 Å². The van der Waals surface area contributed by atoms with Crippen LogP contribution in [0.5, 0.6) is 5.75 Å². The molecule has 0 radical (unpaired) electrons. The number of aromatic nitrogens is 2. The SMILES string of the molecule is CN=C(N=CN)[C@H]1c2nn(COCc3ccc(NC(=O)CNC(=O)[C@H](Cc4ccccc4)NC(=O)CNC(=O)CCOCCOCCOCCOCCC(=O)Oc4c(F)c(F)cc(F)c4F)cc3)c(=O)c3cc(F)cc(c23)N[C@@H]1c1ccc(F)cc1. The van der Waals surface area contributed by atoms with Crippen LogP contribution in [0.3, 0.4) is 0 Å². The Hall–Kier alpha value is -9.09. The van der Waals surface area contributed by atoms with Crippen LogP contribution in [0, 0.1) is 34.9 Å². The van der Waals surface area contributed by atoms with Crippen molar-refractivity contribution in [2.45, 2.75) is 50.6 Å². The molecule has 0 aliphatic carbocycles. The van der Waals surface area contributed by atoms with Crippen molar-refractivity contribution < 1.29 is 78.7 Å². The second-order valence-corrected chi connectivity index (χ2v) is 18.8. The topological polar surface area (TPSA) is 287 Å². The molecule has 0 saturated heterocycles. The Morgan fingerprint density at radius 1 is 0.709 bits per heavy atom. The van der Waals surface area contributed by atoms with Gasteiger partial charge in [-0.25, -0.2) is 27.2 Å². The molecular formula is C58H60F6N10O12. The maximum Gasteiger partial charge on any atom is 0.313 e. The highest BCUT2D eigenvalue weighted by atomic mass is 19.2. The summed E-state index contributed by atoms with van der Waals surface area (Å²) in [5, 5.41) is 18.7. The lowest BCUT2D eigenvalue weighted by molar-refractivity contribution is -0.136. The minimum absolute atomic E-state index is 0.00826. The van der Waals surface area contributed by atoms with Gasteiger partial charge in [0.1, 0.15) is 30.2 Å². The van der Waals surface area contributed by atoms with E-state index in [-0.39, 0.29) is 96.3 Å². The van der Waals surface area contributed by atoms with Crippen molar-refractivity contribution in [3.8, 4) is 5.75 Å². The van der Waals surface area contributed by atoms with Crippen LogP contribution in [0.25, 0.3) is 10.8 Å². The van der Waals surface area contributed by atoms with Gasteiger partial charge in [0.2, 0.25) is 41.0 Å². The molecule has 4 amide bonds. The number of nitrogens with two attached hydrogens (primary N) is 1. The van der Waals surface area contributed by atoms with Gasteiger partial charge in [0.25, 0.3) is 5.56 Å². The number of nitrogens with zero attached hydrogens (tertiary/aromatic N) is 4. The van der Waals surface area contributed by atoms with Crippen LogP contribution >= 0.6 is 0 Å². The average molecular weight is 1200 g/mol. The quantitative estimate of drug-likeness (QED) is 0.00634. The number of carbonyl (C=O) groups is 5. The molecule has 28 heteroatoms. The molecule has 7 rings (SSSR count). The molecule has 0 fully saturated rings. The largest absolute Gasteiger partial charge is 0.420 e. The van der Waals surface area contributed by atoms with Gasteiger partial charge in [-0.15, -0.1) is 0 Å². The first-order valence-corrected chi connectivity index (χ1v) is 26.7. The fourth-order valence-corrected chi connectivity index (χ4v) is 8.70. The standard InChI is InChI=1S/C58H60F6N10O12/c1-66-56(69-32-65)50-53(36-9-11-37(59)12-10-36)72-43-27-38(60)26-40-49(43)54(50)73-74(58(40)80)33-85-31-35-7-13-39(14-8-35)70-46(76)30-68-57(79)44(25-34-5-3-2-4-6-34)71-47(77)29-67-45(75)15-17-81-19-21-83-23-24-84-22-20-82-18-16-48(78)86-55-51(63)41(61)28-42(62)52(55)64/h2-14,26-28,32,44,50,53,72H,15-25,29-31,33H2,1H3,(H,67,75)(H,68,79)(H,70,76)(H,71,77)(H2,65,66,69)/t44-,50+,53+/m0/s1. The molecule has 456 valence electrons. The molecule has 1 aliphatic rings. The van der Waals surface area contributed by atoms with Gasteiger partial charge in [-0.05, 0) is 53.1 Å². The van der Waals surface area contributed by atoms with Crippen LogP contribution in [0.2, 0.25) is 0 Å². The lowest BCUT2D eigenvalue weighted by atomic mass is 9.83. The molecular weight excluding hydrogens is 1140 g/mol. The summed E-state index contributed by atoms with van der Waals surface area (Å²) in [6, 6.07) is 21.6. The van der Waals surface area contributed by atoms with Crippen LogP contribution < -0.4 is 42.6 Å². The molecule has 0 unspecified atom stereocenters. The van der Waals surface area contributed by atoms with E-state index in [2.05, 4.69) is 41.3 Å². The van der Waals surface area contributed by atoms with Gasteiger partial charge in [0.05, 0.1) is 108 Å². The molecule has 0 bridgehead atoms. The second kappa shape index (κ2) is 32.3. The van der Waals surface area contributed by atoms with Crippen molar-refractivity contribution >= 4 is 63.9 Å². The Bertz CT molecular complexity index is 3430. The van der Waals surface area contributed by atoms with Gasteiger partial charge in [-0.2, -0.15) is 13.9 Å². The third kappa shape index (κ3) is 18.5. The fraction of sp³-hybridized carbons (Fsp3) is 0.328. The number of hydrogen-bond acceptors (Lipinski definition) is 15. The summed E-state index contributed by atoms with van der Waals surface area (Å²) in [6.45, 7) is -0.700. The highest BCUT2D eigenvalue weighted by Gasteiger charge is 2.38. The van der Waals surface area contributed by atoms with E-state index in [1.165, 1.54) is 25.2 Å². The Morgan fingerprint density at radius 3 is 1.98 bits per heavy atom. The zero-order valence-corrected chi connectivity index (χ0v) is 46.2. The van der Waals surface area contributed by atoms with Gasteiger partial charge in [-0.1, -0.05) is 54.6 Å². The molecule has 5 aromatic carbocycles. The van der Waals surface area contributed by atoms with Crippen molar-refractivity contribution in [2.75, 3.05) is 83.6 Å². The number of hydrogen-bond donors (Lipinski definition) is 6. The van der Waals surface area contributed by atoms with E-state index in [1.54, 1.807) is 66.7 Å². The van der Waals surface area contributed by atoms with Crippen molar-refractivity contribution in [2.24, 2.45) is 15.7 Å². The Morgan fingerprint density at radius 2 is 1.34 bits per heavy atom. The summed E-state index contributed by atoms with van der Waals surface area (Å²) >= 11 is 0. The van der Waals surface area contributed by atoms with E-state index < -0.39 is 113 Å². The number of halogens is 6. The maximum atomic E-state index is 15.1. The number of rotatable bonds is 31. The van der Waals surface area contributed by atoms with Crippen molar-refractivity contribution in [3.05, 3.63) is 165 Å². The maximum absolute atomic E-state index is 15.1. The molecule has 22 nitrogen and oxygen atoms in total. The molecule has 0 spiro atoms. The van der Waals surface area contributed by atoms with E-state index in [1.807, 2.05) is 0 Å². The molecule has 6 aromatic rings. The van der Waals surface area contributed by atoms with Gasteiger partial charge >= 0.3 is 5.97 Å². The first-order valence-electron chi connectivity index (χ1n) is 26.7. The van der Waals surface area contributed by atoms with Crippen molar-refractivity contribution in [3.63, 3.8) is 0 Å². The summed E-state index contributed by atoms with van der Waals surface area (Å²) in [4.78, 5) is 86.1. The van der Waals surface area contributed by atoms with Crippen molar-refractivity contribution in [1.29, 1.82) is 0 Å². The Kier molecular flexibility index (Phi) is 24.2. The number of ether oxygens (including phenoxy) is 6. The lowest BCUT2D eigenvalue weighted by Crippen LogP contribution is -2.51. The number of benzene rings is 5. The van der Waals surface area contributed by atoms with Gasteiger partial charge in [0.15, 0.2) is 11.6 Å². The average Bonchev–Trinajstić information content (AvgIpc) is 0.766. The Labute approximate surface area is 487 Å². The third-order valence-corrected chi connectivity index (χ3v) is 12.8. The molecule has 1 aromatic heterocycles. The number of amidine groups is 1. The van der Waals surface area contributed by atoms with Crippen molar-refractivity contribution in [1.82, 2.24) is 25.7 Å². The van der Waals surface area contributed by atoms with E-state index in [0.717, 1.165) is 17.1 Å². The fourth-order valence-electron chi connectivity index (χ4n) is 8.70. The number of anilines is 2. The number of nitrogens with one attached hydrogen (secondary N) is 5. The monoisotopic (exact) mass is 1200 g/mol. The second-order valence-electron chi connectivity index (χ2n) is 18.8. The minimum Gasteiger partial charge on any atom is -0.420 e. The highest BCUT2D eigenvalue weighted by molar-refractivity contribution is 6.04. The first-order chi connectivity index (χ1) is 41.5. The highest BCUT2D eigenvalue weighted by Crippen LogP contribution is 2.44. The first kappa shape index (κ1) is 64.5. The summed E-state index contributed by atoms with van der Waals surface area (Å²) in [5.41, 5.74) is 8.03. The Balaban J connectivity index is 0.789. The number of esters is 1. The molecule has 1 aliphatic heterocycles. The van der Waals surface area contributed by atoms with E-state index in [0.29, 0.717) is 39.1 Å². The van der Waals surface area contributed by atoms with E-state index in [9.17, 15) is 50.7 Å². The molecule has 2 heterocycles. The molecule has 3 atom stereocenters. The predicted octanol–water partition coefficient (Wildman–Crippen LogP) is 5.02. The van der Waals surface area contributed by atoms with Gasteiger partial charge in [-0.3, -0.25) is 33.8 Å². The lowest BCUT2D eigenvalue weighted by Gasteiger charge is -2.34. The van der Waals surface area contributed by atoms with E-state index in [4.69, 9.17) is 34.5 Å². The summed E-state index contributed by atoms with van der Waals surface area (Å²) in [5.74, 6) is -13.8. The summed E-state index contributed by atoms with van der Waals surface area (Å²) in [7, 11) is 1.51. The molecule has 7 N–H and O–H groups in total. The minimum atomic E-state index is -1.84. The third-order valence-electron chi connectivity index (χ3n) is 12.8. The number of amides is 4. The van der Waals surface area contributed by atoms with Crippen LogP contribution in [-0.2, 0) is 67.4 Å².